The van der Waals surface area contributed by atoms with E-state index in [2.05, 4.69) is 30.4 Å². The zero-order valence-corrected chi connectivity index (χ0v) is 10.7. The molecule has 80 valence electrons. The lowest BCUT2D eigenvalue weighted by molar-refractivity contribution is 0.678. The molecule has 14 heavy (non-hydrogen) atoms. The fourth-order valence-electron chi connectivity index (χ4n) is 1.22. The highest BCUT2D eigenvalue weighted by molar-refractivity contribution is 7.97. The van der Waals surface area contributed by atoms with Gasteiger partial charge in [0.1, 0.15) is 5.01 Å². The average molecular weight is 230 g/mol. The molecule has 2 nitrogen and oxygen atoms in total. The van der Waals surface area contributed by atoms with Gasteiger partial charge in [0.25, 0.3) is 0 Å². The SMILES string of the molecule is CCCNCc1sc(CSC)nc1C. The largest absolute Gasteiger partial charge is 0.312 e. The summed E-state index contributed by atoms with van der Waals surface area (Å²) in [6.07, 6.45) is 3.31. The van der Waals surface area contributed by atoms with Crippen molar-refractivity contribution in [1.29, 1.82) is 0 Å². The van der Waals surface area contributed by atoms with E-state index in [-0.39, 0.29) is 0 Å². The van der Waals surface area contributed by atoms with Gasteiger partial charge in [0.05, 0.1) is 5.69 Å². The fourth-order valence-corrected chi connectivity index (χ4v) is 2.95. The van der Waals surface area contributed by atoms with Gasteiger partial charge in [-0.2, -0.15) is 11.8 Å². The molecule has 0 spiro atoms. The van der Waals surface area contributed by atoms with Crippen molar-refractivity contribution in [2.75, 3.05) is 12.8 Å². The van der Waals surface area contributed by atoms with E-state index in [4.69, 9.17) is 0 Å². The van der Waals surface area contributed by atoms with Crippen molar-refractivity contribution >= 4 is 23.1 Å². The molecule has 4 heteroatoms. The lowest BCUT2D eigenvalue weighted by Crippen LogP contribution is -2.13. The quantitative estimate of drug-likeness (QED) is 0.761. The Morgan fingerprint density at radius 3 is 2.93 bits per heavy atom. The van der Waals surface area contributed by atoms with E-state index in [0.717, 1.165) is 18.8 Å². The Morgan fingerprint density at radius 2 is 2.29 bits per heavy atom. The van der Waals surface area contributed by atoms with Crippen LogP contribution in [0.15, 0.2) is 0 Å². The number of aryl methyl sites for hydroxylation is 1. The Bertz CT molecular complexity index is 271. The number of aromatic nitrogens is 1. The first kappa shape index (κ1) is 12.0. The monoisotopic (exact) mass is 230 g/mol. The molecular weight excluding hydrogens is 212 g/mol. The second-order valence-corrected chi connectivity index (χ2v) is 5.26. The molecule has 0 atom stereocenters. The molecule has 0 saturated heterocycles. The van der Waals surface area contributed by atoms with Crippen LogP contribution in [0.4, 0.5) is 0 Å². The second-order valence-electron chi connectivity index (χ2n) is 3.23. The summed E-state index contributed by atoms with van der Waals surface area (Å²) < 4.78 is 0. The van der Waals surface area contributed by atoms with Gasteiger partial charge < -0.3 is 5.32 Å². The Labute approximate surface area is 94.5 Å². The van der Waals surface area contributed by atoms with Crippen LogP contribution in [-0.4, -0.2) is 17.8 Å². The van der Waals surface area contributed by atoms with Crippen molar-refractivity contribution in [1.82, 2.24) is 10.3 Å². The summed E-state index contributed by atoms with van der Waals surface area (Å²) in [4.78, 5) is 5.93. The molecule has 0 aromatic carbocycles. The number of nitrogens with zero attached hydrogens (tertiary/aromatic N) is 1. The molecule has 0 radical (unpaired) electrons. The summed E-state index contributed by atoms with van der Waals surface area (Å²) in [5, 5.41) is 4.66. The third-order valence-corrected chi connectivity index (χ3v) is 3.82. The van der Waals surface area contributed by atoms with Crippen LogP contribution in [0, 0.1) is 6.92 Å². The Kier molecular flexibility index (Phi) is 5.52. The molecule has 1 heterocycles. The molecule has 0 fully saturated rings. The Hall–Kier alpha value is -0.0600. The Balaban J connectivity index is 2.49. The maximum Gasteiger partial charge on any atom is 0.103 e. The van der Waals surface area contributed by atoms with Crippen LogP contribution in [0.3, 0.4) is 0 Å². The number of thioether (sulfide) groups is 1. The molecule has 0 aliphatic carbocycles. The molecule has 0 aliphatic heterocycles. The predicted octanol–water partition coefficient (Wildman–Crippen LogP) is 2.81. The third-order valence-electron chi connectivity index (χ3n) is 1.92. The van der Waals surface area contributed by atoms with Gasteiger partial charge in [-0.3, -0.25) is 0 Å². The molecule has 0 aliphatic rings. The topological polar surface area (TPSA) is 24.9 Å². The standard InChI is InChI=1S/C10H18N2S2/c1-4-5-11-6-9-8(2)12-10(14-9)7-13-3/h11H,4-7H2,1-3H3. The molecule has 1 N–H and O–H groups in total. The maximum atomic E-state index is 4.54. The highest BCUT2D eigenvalue weighted by Gasteiger charge is 2.05. The van der Waals surface area contributed by atoms with E-state index < -0.39 is 0 Å². The molecular formula is C10H18N2S2. The summed E-state index contributed by atoms with van der Waals surface area (Å²) in [7, 11) is 0. The average Bonchev–Trinajstić information content (AvgIpc) is 2.48. The molecule has 0 unspecified atom stereocenters. The van der Waals surface area contributed by atoms with Crippen molar-refractivity contribution < 1.29 is 0 Å². The minimum absolute atomic E-state index is 0.978. The van der Waals surface area contributed by atoms with Gasteiger partial charge in [-0.05, 0) is 26.1 Å². The molecule has 1 rings (SSSR count). The molecule has 1 aromatic rings. The van der Waals surface area contributed by atoms with Gasteiger partial charge in [0.15, 0.2) is 0 Å². The van der Waals surface area contributed by atoms with Crippen LogP contribution in [0.25, 0.3) is 0 Å². The highest BCUT2D eigenvalue weighted by Crippen LogP contribution is 2.20. The summed E-state index contributed by atoms with van der Waals surface area (Å²) in [5.41, 5.74) is 1.20. The zero-order chi connectivity index (χ0) is 10.4. The minimum atomic E-state index is 0.978. The van der Waals surface area contributed by atoms with Gasteiger partial charge in [-0.25, -0.2) is 4.98 Å². The minimum Gasteiger partial charge on any atom is -0.312 e. The fraction of sp³-hybridized carbons (Fsp3) is 0.700. The molecule has 0 amide bonds. The number of nitrogens with one attached hydrogen (secondary N) is 1. The summed E-state index contributed by atoms with van der Waals surface area (Å²) in [5.74, 6) is 1.04. The molecule has 0 saturated carbocycles. The zero-order valence-electron chi connectivity index (χ0n) is 9.09. The van der Waals surface area contributed by atoms with Crippen molar-refractivity contribution in [2.24, 2.45) is 0 Å². The van der Waals surface area contributed by atoms with E-state index in [1.165, 1.54) is 22.0 Å². The van der Waals surface area contributed by atoms with Crippen LogP contribution in [0.2, 0.25) is 0 Å². The van der Waals surface area contributed by atoms with Crippen molar-refractivity contribution in [3.8, 4) is 0 Å². The normalized spacial score (nSPS) is 10.8. The van der Waals surface area contributed by atoms with Gasteiger partial charge in [-0.15, -0.1) is 11.3 Å². The summed E-state index contributed by atoms with van der Waals surface area (Å²) in [6, 6.07) is 0. The van der Waals surface area contributed by atoms with Crippen LogP contribution in [0.1, 0.15) is 28.9 Å². The van der Waals surface area contributed by atoms with Crippen molar-refractivity contribution in [3.05, 3.63) is 15.6 Å². The maximum absolute atomic E-state index is 4.54. The van der Waals surface area contributed by atoms with E-state index in [1.54, 1.807) is 0 Å². The van der Waals surface area contributed by atoms with Gasteiger partial charge in [0, 0.05) is 17.2 Å². The first-order valence-electron chi connectivity index (χ1n) is 4.92. The Morgan fingerprint density at radius 1 is 1.50 bits per heavy atom. The van der Waals surface area contributed by atoms with E-state index in [1.807, 2.05) is 23.1 Å². The number of hydrogen-bond donors (Lipinski definition) is 1. The van der Waals surface area contributed by atoms with Crippen molar-refractivity contribution in [2.45, 2.75) is 32.6 Å². The van der Waals surface area contributed by atoms with Crippen LogP contribution in [-0.2, 0) is 12.3 Å². The van der Waals surface area contributed by atoms with E-state index in [0.29, 0.717) is 0 Å². The summed E-state index contributed by atoms with van der Waals surface area (Å²) in [6.45, 7) is 6.36. The molecule has 1 aromatic heterocycles. The summed E-state index contributed by atoms with van der Waals surface area (Å²) >= 11 is 3.67. The predicted molar refractivity (Wildman–Crippen MR) is 66.1 cm³/mol. The first-order valence-corrected chi connectivity index (χ1v) is 7.13. The van der Waals surface area contributed by atoms with E-state index >= 15 is 0 Å². The smallest absolute Gasteiger partial charge is 0.103 e. The van der Waals surface area contributed by atoms with Crippen molar-refractivity contribution in [3.63, 3.8) is 0 Å². The number of thiazole rings is 1. The van der Waals surface area contributed by atoms with Crippen LogP contribution >= 0.6 is 23.1 Å². The first-order chi connectivity index (χ1) is 6.77. The third kappa shape index (κ3) is 3.59. The van der Waals surface area contributed by atoms with Crippen LogP contribution in [0.5, 0.6) is 0 Å². The lowest BCUT2D eigenvalue weighted by Gasteiger charge is -1.99. The highest BCUT2D eigenvalue weighted by atomic mass is 32.2. The van der Waals surface area contributed by atoms with Gasteiger partial charge in [-0.1, -0.05) is 6.92 Å². The van der Waals surface area contributed by atoms with Crippen LogP contribution < -0.4 is 5.32 Å². The van der Waals surface area contributed by atoms with E-state index in [9.17, 15) is 0 Å². The van der Waals surface area contributed by atoms with Gasteiger partial charge >= 0.3 is 0 Å². The van der Waals surface area contributed by atoms with Gasteiger partial charge in [0.2, 0.25) is 0 Å². The number of hydrogen-bond acceptors (Lipinski definition) is 4. The lowest BCUT2D eigenvalue weighted by atomic mass is 10.4. The second kappa shape index (κ2) is 6.43. The molecule has 0 bridgehead atoms. The number of rotatable bonds is 6.